The first kappa shape index (κ1) is 17.1. The van der Waals surface area contributed by atoms with Crippen molar-refractivity contribution in [1.82, 2.24) is 24.7 Å². The van der Waals surface area contributed by atoms with Gasteiger partial charge in [0.05, 0.1) is 10.9 Å². The summed E-state index contributed by atoms with van der Waals surface area (Å²) in [6.45, 7) is 5.90. The number of benzene rings is 1. The van der Waals surface area contributed by atoms with Gasteiger partial charge in [0.2, 0.25) is 11.9 Å². The molecular weight excluding hydrogens is 336 g/mol. The number of rotatable bonds is 5. The molecule has 0 aliphatic rings. The molecule has 3 aromatic rings. The molecule has 0 aliphatic carbocycles. The van der Waals surface area contributed by atoms with E-state index >= 15 is 0 Å². The van der Waals surface area contributed by atoms with Crippen molar-refractivity contribution in [3.05, 3.63) is 54.1 Å². The number of nitrogens with zero attached hydrogens (tertiary/aromatic N) is 5. The van der Waals surface area contributed by atoms with E-state index in [-0.39, 0.29) is 17.1 Å². The molecule has 7 nitrogen and oxygen atoms in total. The minimum absolute atomic E-state index is 0.189. The Bertz CT molecular complexity index is 880. The van der Waals surface area contributed by atoms with Crippen LogP contribution in [0.4, 0.5) is 5.95 Å². The van der Waals surface area contributed by atoms with Crippen LogP contribution in [0.5, 0.6) is 0 Å². The summed E-state index contributed by atoms with van der Waals surface area (Å²) in [6, 6.07) is 7.87. The van der Waals surface area contributed by atoms with Gasteiger partial charge in [0.1, 0.15) is 6.33 Å². The number of amides is 1. The van der Waals surface area contributed by atoms with Gasteiger partial charge >= 0.3 is 0 Å². The minimum Gasteiger partial charge on any atom is -0.294 e. The maximum absolute atomic E-state index is 12.3. The minimum atomic E-state index is -0.377. The van der Waals surface area contributed by atoms with E-state index < -0.39 is 0 Å². The molecular formula is C17H18N6OS. The highest BCUT2D eigenvalue weighted by atomic mass is 32.2. The first-order valence-electron chi connectivity index (χ1n) is 7.77. The molecule has 0 radical (unpaired) electrons. The molecule has 1 N–H and O–H groups in total. The Balaban J connectivity index is 1.75. The lowest BCUT2D eigenvalue weighted by molar-refractivity contribution is -0.115. The number of aryl methyl sites for hydroxylation is 2. The smallest absolute Gasteiger partial charge is 0.240 e. The van der Waals surface area contributed by atoms with E-state index in [1.54, 1.807) is 24.8 Å². The number of thioether (sulfide) groups is 1. The van der Waals surface area contributed by atoms with Crippen LogP contribution >= 0.6 is 11.8 Å². The van der Waals surface area contributed by atoms with E-state index in [9.17, 15) is 4.79 Å². The first-order valence-corrected chi connectivity index (χ1v) is 8.65. The second-order valence-electron chi connectivity index (χ2n) is 5.60. The highest BCUT2D eigenvalue weighted by molar-refractivity contribution is 8.00. The van der Waals surface area contributed by atoms with E-state index in [0.717, 1.165) is 11.3 Å². The molecule has 2 heterocycles. The van der Waals surface area contributed by atoms with Crippen molar-refractivity contribution in [3.63, 3.8) is 0 Å². The Morgan fingerprint density at radius 3 is 2.72 bits per heavy atom. The third kappa shape index (κ3) is 4.03. The third-order valence-corrected chi connectivity index (χ3v) is 4.64. The zero-order valence-corrected chi connectivity index (χ0v) is 15.0. The lowest BCUT2D eigenvalue weighted by atomic mass is 10.1. The van der Waals surface area contributed by atoms with Gasteiger partial charge in [-0.1, -0.05) is 29.5 Å². The Kier molecular flexibility index (Phi) is 5.08. The average molecular weight is 354 g/mol. The van der Waals surface area contributed by atoms with Crippen LogP contribution in [-0.2, 0) is 4.79 Å². The van der Waals surface area contributed by atoms with Crippen LogP contribution < -0.4 is 5.32 Å². The molecule has 0 spiro atoms. The number of hydrogen-bond donors (Lipinski definition) is 1. The summed E-state index contributed by atoms with van der Waals surface area (Å²) in [5.41, 5.74) is 3.31. The van der Waals surface area contributed by atoms with E-state index in [0.29, 0.717) is 5.16 Å². The maximum Gasteiger partial charge on any atom is 0.240 e. The molecule has 0 saturated carbocycles. The lowest BCUT2D eigenvalue weighted by Crippen LogP contribution is -2.24. The largest absolute Gasteiger partial charge is 0.294 e. The second kappa shape index (κ2) is 7.43. The average Bonchev–Trinajstić information content (AvgIpc) is 3.03. The van der Waals surface area contributed by atoms with Gasteiger partial charge < -0.3 is 0 Å². The monoisotopic (exact) mass is 354 g/mol. The van der Waals surface area contributed by atoms with Gasteiger partial charge in [-0.25, -0.2) is 9.97 Å². The summed E-state index contributed by atoms with van der Waals surface area (Å²) in [5, 5.41) is 11.1. The summed E-state index contributed by atoms with van der Waals surface area (Å²) in [6.07, 6.45) is 4.82. The standard InChI is InChI=1S/C17H18N6OS/c1-11-5-6-14(12(2)9-11)23-10-20-22-17(23)25-13(3)15(24)21-16-18-7-4-8-19-16/h4-10,13H,1-3H3,(H,18,19,21,24). The SMILES string of the molecule is Cc1ccc(-n2cnnc2SC(C)C(=O)Nc2ncccn2)c(C)c1. The maximum atomic E-state index is 12.3. The van der Waals surface area contributed by atoms with Gasteiger partial charge in [0.15, 0.2) is 5.16 Å². The van der Waals surface area contributed by atoms with Crippen molar-refractivity contribution in [3.8, 4) is 5.69 Å². The third-order valence-electron chi connectivity index (χ3n) is 3.58. The van der Waals surface area contributed by atoms with Crippen LogP contribution in [0, 0.1) is 13.8 Å². The number of aromatic nitrogens is 5. The zero-order chi connectivity index (χ0) is 17.8. The van der Waals surface area contributed by atoms with Crippen LogP contribution in [0.1, 0.15) is 18.1 Å². The van der Waals surface area contributed by atoms with Gasteiger partial charge in [0.25, 0.3) is 0 Å². The molecule has 0 fully saturated rings. The van der Waals surface area contributed by atoms with Crippen LogP contribution in [0.2, 0.25) is 0 Å². The molecule has 25 heavy (non-hydrogen) atoms. The molecule has 1 atom stereocenters. The van der Waals surface area contributed by atoms with Crippen molar-refractivity contribution in [2.24, 2.45) is 0 Å². The number of anilines is 1. The van der Waals surface area contributed by atoms with Crippen LogP contribution in [-0.4, -0.2) is 35.9 Å². The normalized spacial score (nSPS) is 12.0. The molecule has 0 bridgehead atoms. The Labute approximate surface area is 149 Å². The fourth-order valence-corrected chi connectivity index (χ4v) is 3.17. The van der Waals surface area contributed by atoms with E-state index in [1.165, 1.54) is 17.3 Å². The summed E-state index contributed by atoms with van der Waals surface area (Å²) < 4.78 is 1.89. The van der Waals surface area contributed by atoms with Gasteiger partial charge in [-0.2, -0.15) is 0 Å². The summed E-state index contributed by atoms with van der Waals surface area (Å²) in [5.74, 6) is 0.0992. The Hall–Kier alpha value is -2.74. The molecule has 8 heteroatoms. The molecule has 2 aromatic heterocycles. The predicted octanol–water partition coefficient (Wildman–Crippen LogP) is 2.79. The number of hydrogen-bond acceptors (Lipinski definition) is 6. The van der Waals surface area contributed by atoms with Gasteiger partial charge in [-0.05, 0) is 38.5 Å². The quantitative estimate of drug-likeness (QED) is 0.709. The lowest BCUT2D eigenvalue weighted by Gasteiger charge is -2.13. The molecule has 128 valence electrons. The molecule has 0 aliphatic heterocycles. The van der Waals surface area contributed by atoms with Gasteiger partial charge in [-0.15, -0.1) is 10.2 Å². The van der Waals surface area contributed by atoms with Crippen molar-refractivity contribution < 1.29 is 4.79 Å². The van der Waals surface area contributed by atoms with Crippen LogP contribution in [0.3, 0.4) is 0 Å². The van der Waals surface area contributed by atoms with Crippen molar-refractivity contribution in [2.45, 2.75) is 31.2 Å². The Morgan fingerprint density at radius 1 is 1.24 bits per heavy atom. The van der Waals surface area contributed by atoms with E-state index in [1.807, 2.05) is 30.5 Å². The van der Waals surface area contributed by atoms with Gasteiger partial charge in [0, 0.05) is 12.4 Å². The second-order valence-corrected chi connectivity index (χ2v) is 6.90. The summed E-state index contributed by atoms with van der Waals surface area (Å²) >= 11 is 1.33. The zero-order valence-electron chi connectivity index (χ0n) is 14.2. The predicted molar refractivity (Wildman–Crippen MR) is 96.8 cm³/mol. The molecule has 1 aromatic carbocycles. The fourth-order valence-electron chi connectivity index (χ4n) is 2.33. The van der Waals surface area contributed by atoms with Gasteiger partial charge in [-0.3, -0.25) is 14.7 Å². The highest BCUT2D eigenvalue weighted by Crippen LogP contribution is 2.26. The van der Waals surface area contributed by atoms with E-state index in [4.69, 9.17) is 0 Å². The summed E-state index contributed by atoms with van der Waals surface area (Å²) in [4.78, 5) is 20.3. The Morgan fingerprint density at radius 2 is 2.00 bits per heavy atom. The molecule has 1 amide bonds. The number of carbonyl (C=O) groups excluding carboxylic acids is 1. The molecule has 3 rings (SSSR count). The van der Waals surface area contributed by atoms with Crippen LogP contribution in [0.25, 0.3) is 5.69 Å². The first-order chi connectivity index (χ1) is 12.0. The van der Waals surface area contributed by atoms with Crippen molar-refractivity contribution in [1.29, 1.82) is 0 Å². The number of nitrogens with one attached hydrogen (secondary N) is 1. The van der Waals surface area contributed by atoms with Crippen molar-refractivity contribution in [2.75, 3.05) is 5.32 Å². The summed E-state index contributed by atoms with van der Waals surface area (Å²) in [7, 11) is 0. The topological polar surface area (TPSA) is 85.6 Å². The van der Waals surface area contributed by atoms with Crippen molar-refractivity contribution >= 4 is 23.6 Å². The molecule has 0 saturated heterocycles. The molecule has 1 unspecified atom stereocenters. The van der Waals surface area contributed by atoms with Crippen LogP contribution in [0.15, 0.2) is 48.1 Å². The van der Waals surface area contributed by atoms with E-state index in [2.05, 4.69) is 38.5 Å². The number of carbonyl (C=O) groups is 1. The highest BCUT2D eigenvalue weighted by Gasteiger charge is 2.19. The fraction of sp³-hybridized carbons (Fsp3) is 0.235.